The number of amides is 3. The van der Waals surface area contributed by atoms with E-state index in [4.69, 9.17) is 0 Å². The van der Waals surface area contributed by atoms with E-state index in [2.05, 4.69) is 6.92 Å². The van der Waals surface area contributed by atoms with Gasteiger partial charge in [-0.2, -0.15) is 0 Å². The molecule has 3 rings (SSSR count). The Labute approximate surface area is 138 Å². The summed E-state index contributed by atoms with van der Waals surface area (Å²) in [4.78, 5) is 40.5. The average molecular weight is 320 g/mol. The third-order valence-electron chi connectivity index (χ3n) is 6.15. The van der Waals surface area contributed by atoms with Crippen LogP contribution in [0.3, 0.4) is 0 Å². The molecule has 5 nitrogen and oxygen atoms in total. The van der Waals surface area contributed by atoms with E-state index in [1.54, 1.807) is 4.90 Å². The van der Waals surface area contributed by atoms with E-state index in [0.717, 1.165) is 57.3 Å². The Hall–Kier alpha value is -1.39. The highest BCUT2D eigenvalue weighted by atomic mass is 16.2. The fourth-order valence-electron chi connectivity index (χ4n) is 4.47. The summed E-state index contributed by atoms with van der Waals surface area (Å²) in [5.74, 6) is 0.0942. The molecule has 3 fully saturated rings. The van der Waals surface area contributed by atoms with Crippen LogP contribution < -0.4 is 0 Å². The van der Waals surface area contributed by atoms with Crippen LogP contribution in [-0.4, -0.2) is 47.2 Å². The van der Waals surface area contributed by atoms with Crippen molar-refractivity contribution in [1.29, 1.82) is 0 Å². The lowest BCUT2D eigenvalue weighted by molar-refractivity contribution is -0.147. The SMILES string of the molecule is CC1CCC(N(C)C(=O)CN2C(=O)C3CCCCC3C2=O)CC1. The van der Waals surface area contributed by atoms with Gasteiger partial charge in [-0.1, -0.05) is 19.8 Å². The van der Waals surface area contributed by atoms with E-state index in [-0.39, 0.29) is 42.1 Å². The van der Waals surface area contributed by atoms with Gasteiger partial charge < -0.3 is 4.90 Å². The quantitative estimate of drug-likeness (QED) is 0.749. The molecule has 23 heavy (non-hydrogen) atoms. The molecule has 0 aromatic rings. The fraction of sp³-hybridized carbons (Fsp3) is 0.833. The number of nitrogens with zero attached hydrogens (tertiary/aromatic N) is 2. The summed E-state index contributed by atoms with van der Waals surface area (Å²) in [6.07, 6.45) is 7.98. The minimum atomic E-state index is -0.162. The van der Waals surface area contributed by atoms with Gasteiger partial charge in [-0.25, -0.2) is 0 Å². The lowest BCUT2D eigenvalue weighted by Gasteiger charge is -2.34. The number of carbonyl (C=O) groups is 3. The molecule has 1 heterocycles. The molecular weight excluding hydrogens is 292 g/mol. The predicted octanol–water partition coefficient (Wildman–Crippen LogP) is 2.20. The predicted molar refractivity (Wildman–Crippen MR) is 86.4 cm³/mol. The number of likely N-dealkylation sites (N-methyl/N-ethyl adjacent to an activating group) is 1. The largest absolute Gasteiger partial charge is 0.341 e. The molecule has 2 aliphatic carbocycles. The molecule has 0 bridgehead atoms. The zero-order chi connectivity index (χ0) is 16.6. The normalized spacial score (nSPS) is 34.4. The smallest absolute Gasteiger partial charge is 0.242 e. The van der Waals surface area contributed by atoms with Crippen molar-refractivity contribution >= 4 is 17.7 Å². The van der Waals surface area contributed by atoms with Gasteiger partial charge in [0.25, 0.3) is 0 Å². The monoisotopic (exact) mass is 320 g/mol. The van der Waals surface area contributed by atoms with Gasteiger partial charge in [-0.05, 0) is 44.4 Å². The van der Waals surface area contributed by atoms with Gasteiger partial charge >= 0.3 is 0 Å². The van der Waals surface area contributed by atoms with Crippen LogP contribution in [0.4, 0.5) is 0 Å². The number of rotatable bonds is 3. The van der Waals surface area contributed by atoms with Crippen LogP contribution in [0.15, 0.2) is 0 Å². The van der Waals surface area contributed by atoms with Gasteiger partial charge in [0, 0.05) is 13.1 Å². The topological polar surface area (TPSA) is 57.7 Å². The average Bonchev–Trinajstić information content (AvgIpc) is 2.80. The van der Waals surface area contributed by atoms with Crippen molar-refractivity contribution in [2.75, 3.05) is 13.6 Å². The summed E-state index contributed by atoms with van der Waals surface area (Å²) in [5, 5.41) is 0. The molecule has 2 atom stereocenters. The first-order valence-corrected chi connectivity index (χ1v) is 9.10. The summed E-state index contributed by atoms with van der Waals surface area (Å²) in [5.41, 5.74) is 0. The fourth-order valence-corrected chi connectivity index (χ4v) is 4.47. The molecule has 1 aliphatic heterocycles. The highest BCUT2D eigenvalue weighted by molar-refractivity contribution is 6.07. The summed E-state index contributed by atoms with van der Waals surface area (Å²) in [6.45, 7) is 2.19. The summed E-state index contributed by atoms with van der Waals surface area (Å²) in [6, 6.07) is 0.258. The van der Waals surface area contributed by atoms with E-state index < -0.39 is 0 Å². The van der Waals surface area contributed by atoms with Gasteiger partial charge in [0.2, 0.25) is 17.7 Å². The first-order chi connectivity index (χ1) is 11.0. The molecule has 3 amide bonds. The number of hydrogen-bond donors (Lipinski definition) is 0. The van der Waals surface area contributed by atoms with Crippen molar-refractivity contribution in [1.82, 2.24) is 9.80 Å². The van der Waals surface area contributed by atoms with Gasteiger partial charge in [0.05, 0.1) is 11.8 Å². The highest BCUT2D eigenvalue weighted by Crippen LogP contribution is 2.38. The second-order valence-corrected chi connectivity index (χ2v) is 7.68. The van der Waals surface area contributed by atoms with Gasteiger partial charge in [-0.15, -0.1) is 0 Å². The second kappa shape index (κ2) is 6.62. The first kappa shape index (κ1) is 16.5. The molecule has 1 saturated heterocycles. The van der Waals surface area contributed by atoms with Gasteiger partial charge in [-0.3, -0.25) is 19.3 Å². The number of imide groups is 1. The molecule has 128 valence electrons. The van der Waals surface area contributed by atoms with E-state index in [9.17, 15) is 14.4 Å². The third-order valence-corrected chi connectivity index (χ3v) is 6.15. The van der Waals surface area contributed by atoms with Crippen LogP contribution in [0, 0.1) is 17.8 Å². The Bertz CT molecular complexity index is 472. The van der Waals surface area contributed by atoms with E-state index in [1.807, 2.05) is 7.05 Å². The highest BCUT2D eigenvalue weighted by Gasteiger charge is 2.48. The molecule has 0 spiro atoms. The van der Waals surface area contributed by atoms with E-state index in [1.165, 1.54) is 4.90 Å². The number of carbonyl (C=O) groups excluding carboxylic acids is 3. The summed E-state index contributed by atoms with van der Waals surface area (Å²) < 4.78 is 0. The van der Waals surface area contributed by atoms with Crippen LogP contribution in [0.5, 0.6) is 0 Å². The number of hydrogen-bond acceptors (Lipinski definition) is 3. The number of likely N-dealkylation sites (tertiary alicyclic amines) is 1. The summed E-state index contributed by atoms with van der Waals surface area (Å²) >= 11 is 0. The number of fused-ring (bicyclic) bond motifs is 1. The van der Waals surface area contributed by atoms with Crippen molar-refractivity contribution in [2.45, 2.75) is 64.3 Å². The van der Waals surface area contributed by atoms with Crippen molar-refractivity contribution in [3.8, 4) is 0 Å². The lowest BCUT2D eigenvalue weighted by atomic mass is 9.81. The van der Waals surface area contributed by atoms with Crippen LogP contribution >= 0.6 is 0 Å². The molecule has 2 saturated carbocycles. The Balaban J connectivity index is 1.61. The van der Waals surface area contributed by atoms with Crippen molar-refractivity contribution in [3.05, 3.63) is 0 Å². The van der Waals surface area contributed by atoms with Crippen LogP contribution in [0.2, 0.25) is 0 Å². The Kier molecular flexibility index (Phi) is 4.74. The van der Waals surface area contributed by atoms with E-state index >= 15 is 0 Å². The maximum absolute atomic E-state index is 12.6. The molecule has 5 heteroatoms. The Morgan fingerprint density at radius 2 is 1.52 bits per heavy atom. The first-order valence-electron chi connectivity index (χ1n) is 9.10. The van der Waals surface area contributed by atoms with Crippen LogP contribution in [-0.2, 0) is 14.4 Å². The molecule has 0 aromatic carbocycles. The second-order valence-electron chi connectivity index (χ2n) is 7.68. The molecule has 0 aromatic heterocycles. The molecule has 0 radical (unpaired) electrons. The zero-order valence-electron chi connectivity index (χ0n) is 14.3. The van der Waals surface area contributed by atoms with Crippen molar-refractivity contribution in [3.63, 3.8) is 0 Å². The zero-order valence-corrected chi connectivity index (χ0v) is 14.3. The minimum absolute atomic E-state index is 0.0623. The molecule has 0 N–H and O–H groups in total. The standard InChI is InChI=1S/C18H28N2O3/c1-12-7-9-13(10-8-12)19(2)16(21)11-20-17(22)14-5-3-4-6-15(14)18(20)23/h12-15H,3-11H2,1-2H3. The Morgan fingerprint density at radius 3 is 2.04 bits per heavy atom. The van der Waals surface area contributed by atoms with Crippen LogP contribution in [0.25, 0.3) is 0 Å². The molecular formula is C18H28N2O3. The maximum atomic E-state index is 12.6. The molecule has 2 unspecified atom stereocenters. The molecule has 3 aliphatic rings. The van der Waals surface area contributed by atoms with Crippen LogP contribution in [0.1, 0.15) is 58.3 Å². The Morgan fingerprint density at radius 1 is 1.00 bits per heavy atom. The van der Waals surface area contributed by atoms with E-state index in [0.29, 0.717) is 0 Å². The maximum Gasteiger partial charge on any atom is 0.242 e. The summed E-state index contributed by atoms with van der Waals surface area (Å²) in [7, 11) is 1.82. The van der Waals surface area contributed by atoms with Gasteiger partial charge in [0.1, 0.15) is 6.54 Å². The third kappa shape index (κ3) is 3.15. The lowest BCUT2D eigenvalue weighted by Crippen LogP contribution is -2.46. The minimum Gasteiger partial charge on any atom is -0.341 e. The van der Waals surface area contributed by atoms with Crippen molar-refractivity contribution in [2.24, 2.45) is 17.8 Å². The van der Waals surface area contributed by atoms with Gasteiger partial charge in [0.15, 0.2) is 0 Å². The van der Waals surface area contributed by atoms with Crippen molar-refractivity contribution < 1.29 is 14.4 Å².